The predicted octanol–water partition coefficient (Wildman–Crippen LogP) is -2.79. The van der Waals surface area contributed by atoms with Crippen LogP contribution in [-0.4, -0.2) is 280 Å². The molecule has 9 aliphatic heterocycles. The highest BCUT2D eigenvalue weighted by molar-refractivity contribution is 7.91. The third kappa shape index (κ3) is 21.7. The van der Waals surface area contributed by atoms with Crippen LogP contribution >= 0.6 is 0 Å². The van der Waals surface area contributed by atoms with Gasteiger partial charge in [-0.1, -0.05) is 6.42 Å². The minimum Gasteiger partial charge on any atom is -0.366 e. The molecule has 0 unspecified atom stereocenters. The Balaban J connectivity index is 0.000000161. The van der Waals surface area contributed by atoms with E-state index in [1.165, 1.54) is 23.6 Å². The summed E-state index contributed by atoms with van der Waals surface area (Å²) < 4.78 is 157. The Labute approximate surface area is 404 Å². The molecule has 0 spiro atoms. The SMILES string of the molecule is C1COCN(CN2CCCOC2)C1.O=S1(=O)CCN(CN2CCCOC2)CC1.O=S1(=O)CCOCN1CN1CCCCC1.O=S1(=O)CCOCN1CN1COCCS1(=O)=O.O=S1(=O)CCOCO1. The number of likely N-dealkylation sites (tertiary alicyclic amines) is 1. The lowest BCUT2D eigenvalue weighted by Gasteiger charge is -2.34. The second kappa shape index (κ2) is 29.1. The van der Waals surface area contributed by atoms with Crippen LogP contribution in [0.3, 0.4) is 0 Å². The Morgan fingerprint density at radius 3 is 1.03 bits per heavy atom. The van der Waals surface area contributed by atoms with E-state index >= 15 is 0 Å². The maximum Gasteiger partial charge on any atom is 0.271 e. The Hall–Kier alpha value is -0.890. The molecular weight excluding hydrogens is 1000 g/mol. The third-order valence-electron chi connectivity index (χ3n) is 11.6. The van der Waals surface area contributed by atoms with Crippen molar-refractivity contribution in [2.75, 3.05) is 200 Å². The topological polar surface area (TPSA) is 270 Å². The van der Waals surface area contributed by atoms with E-state index < -0.39 is 50.0 Å². The molecule has 0 aromatic heterocycles. The van der Waals surface area contributed by atoms with E-state index in [2.05, 4.69) is 33.4 Å². The van der Waals surface area contributed by atoms with E-state index in [-0.39, 0.29) is 76.5 Å². The smallest absolute Gasteiger partial charge is 0.271 e. The van der Waals surface area contributed by atoms with Crippen molar-refractivity contribution in [3.05, 3.63) is 0 Å². The van der Waals surface area contributed by atoms with Crippen LogP contribution in [0.4, 0.5) is 0 Å². The molecule has 9 heterocycles. The van der Waals surface area contributed by atoms with Gasteiger partial charge in [-0.25, -0.2) is 37.9 Å². The van der Waals surface area contributed by atoms with Gasteiger partial charge in [-0.2, -0.15) is 21.3 Å². The number of hydrogen-bond donors (Lipinski definition) is 0. The normalized spacial score (nSPS) is 28.9. The molecule has 26 nitrogen and oxygen atoms in total. The number of ether oxygens (including phenoxy) is 7. The molecule has 0 aromatic carbocycles. The Kier molecular flexibility index (Phi) is 24.8. The van der Waals surface area contributed by atoms with Gasteiger partial charge in [0.25, 0.3) is 10.1 Å². The second-order valence-electron chi connectivity index (χ2n) is 17.2. The van der Waals surface area contributed by atoms with Gasteiger partial charge in [0, 0.05) is 52.5 Å². The first-order valence-electron chi connectivity index (χ1n) is 23.1. The van der Waals surface area contributed by atoms with Crippen LogP contribution in [0.15, 0.2) is 0 Å². The summed E-state index contributed by atoms with van der Waals surface area (Å²) in [6.45, 7) is 14.5. The van der Waals surface area contributed by atoms with Crippen LogP contribution in [0.1, 0.15) is 38.5 Å². The average molecular weight is 1080 g/mol. The first-order chi connectivity index (χ1) is 32.4. The quantitative estimate of drug-likeness (QED) is 0.222. The summed E-state index contributed by atoms with van der Waals surface area (Å²) in [4.78, 5) is 11.3. The Morgan fingerprint density at radius 2 is 0.676 bits per heavy atom. The van der Waals surface area contributed by atoms with Gasteiger partial charge in [0.1, 0.15) is 20.2 Å². The molecule has 9 aliphatic rings. The molecule has 0 amide bonds. The fraction of sp³-hybridized carbons (Fsp3) is 1.00. The number of rotatable bonds is 8. The molecule has 31 heteroatoms. The number of hydrogen-bond acceptors (Lipinski definition) is 23. The van der Waals surface area contributed by atoms with E-state index in [0.29, 0.717) is 44.6 Å². The van der Waals surface area contributed by atoms with Crippen molar-refractivity contribution in [1.82, 2.24) is 37.4 Å². The lowest BCUT2D eigenvalue weighted by atomic mass is 10.1. The van der Waals surface area contributed by atoms with Gasteiger partial charge in [-0.15, -0.1) is 0 Å². The molecule has 9 fully saturated rings. The summed E-state index contributed by atoms with van der Waals surface area (Å²) in [6.07, 6.45) is 7.01. The zero-order chi connectivity index (χ0) is 48.9. The van der Waals surface area contributed by atoms with Gasteiger partial charge in [0.2, 0.25) is 30.1 Å². The summed E-state index contributed by atoms with van der Waals surface area (Å²) in [7, 11) is -15.9. The van der Waals surface area contributed by atoms with E-state index in [0.717, 1.165) is 107 Å². The van der Waals surface area contributed by atoms with Crippen molar-refractivity contribution in [3.8, 4) is 0 Å². The van der Waals surface area contributed by atoms with E-state index in [1.807, 2.05) is 0 Å². The standard InChI is InChI=1S/2C9H18N2O3S.C9H18N2O2.C7H14N2O6S2.C3H6O4S/c12-15(13)6-3-10(4-7-15)8-11-2-1-5-14-9-11;12-15(13)7-6-14-9-11(15)8-10-4-2-1-3-5-10;1-3-10(8-12-5-1)7-11-4-2-6-13-9-11;10-16(11)3-1-14-6-8(16)5-9-7-15-2-4-17(9,12)13;4-8(5)2-1-6-3-7-8/h2*1-9H2;1-9H2;1-7H2;1-3H2. The summed E-state index contributed by atoms with van der Waals surface area (Å²) in [5.74, 6) is 0.473. The predicted molar refractivity (Wildman–Crippen MR) is 247 cm³/mol. The zero-order valence-corrected chi connectivity index (χ0v) is 43.2. The van der Waals surface area contributed by atoms with Crippen molar-refractivity contribution in [2.45, 2.75) is 38.5 Å². The van der Waals surface area contributed by atoms with Gasteiger partial charge < -0.3 is 33.2 Å². The lowest BCUT2D eigenvalue weighted by molar-refractivity contribution is -0.0809. The fourth-order valence-corrected chi connectivity index (χ4v) is 13.1. The first-order valence-corrected chi connectivity index (χ1v) is 31.3. The molecule has 0 bridgehead atoms. The van der Waals surface area contributed by atoms with Crippen LogP contribution in [0.25, 0.3) is 0 Å². The van der Waals surface area contributed by atoms with Crippen molar-refractivity contribution in [3.63, 3.8) is 0 Å². The van der Waals surface area contributed by atoms with Gasteiger partial charge in [0.15, 0.2) is 16.6 Å². The summed E-state index contributed by atoms with van der Waals surface area (Å²) >= 11 is 0. The second-order valence-corrected chi connectivity index (χ2v) is 27.5. The van der Waals surface area contributed by atoms with Gasteiger partial charge in [-0.3, -0.25) is 24.5 Å². The van der Waals surface area contributed by atoms with Crippen LogP contribution in [0.2, 0.25) is 0 Å². The summed E-state index contributed by atoms with van der Waals surface area (Å²) in [5.41, 5.74) is 0. The Bertz CT molecular complexity index is 1940. The van der Waals surface area contributed by atoms with Gasteiger partial charge in [0.05, 0.1) is 108 Å². The lowest BCUT2D eigenvalue weighted by Crippen LogP contribution is -2.51. The monoisotopic (exact) mass is 1080 g/mol. The van der Waals surface area contributed by atoms with Crippen LogP contribution < -0.4 is 0 Å². The maximum atomic E-state index is 11.7. The molecule has 0 radical (unpaired) electrons. The molecule has 0 atom stereocenters. The number of sulfonamides is 3. The van der Waals surface area contributed by atoms with Gasteiger partial charge >= 0.3 is 0 Å². The Morgan fingerprint density at radius 1 is 0.309 bits per heavy atom. The highest BCUT2D eigenvalue weighted by Gasteiger charge is 2.34. The van der Waals surface area contributed by atoms with Crippen LogP contribution in [-0.2, 0) is 87.4 Å². The molecule has 0 N–H and O–H groups in total. The van der Waals surface area contributed by atoms with Gasteiger partial charge in [-0.05, 0) is 45.2 Å². The van der Waals surface area contributed by atoms with E-state index in [4.69, 9.17) is 28.4 Å². The van der Waals surface area contributed by atoms with Crippen LogP contribution in [0, 0.1) is 0 Å². The fourth-order valence-electron chi connectivity index (χ4n) is 7.63. The maximum absolute atomic E-state index is 11.7. The highest BCUT2D eigenvalue weighted by atomic mass is 32.2. The molecule has 0 aliphatic carbocycles. The number of sulfone groups is 1. The first kappa shape index (κ1) is 58.0. The number of nitrogens with zero attached hydrogens (tertiary/aromatic N) is 8. The molecule has 0 aromatic rings. The van der Waals surface area contributed by atoms with Crippen molar-refractivity contribution in [1.29, 1.82) is 0 Å². The molecule has 400 valence electrons. The van der Waals surface area contributed by atoms with Crippen molar-refractivity contribution in [2.24, 2.45) is 0 Å². The summed E-state index contributed by atoms with van der Waals surface area (Å²) in [6, 6.07) is 0. The third-order valence-corrected chi connectivity index (χ3v) is 19.4. The molecule has 9 saturated heterocycles. The average Bonchev–Trinajstić information content (AvgIpc) is 3.31. The van der Waals surface area contributed by atoms with Crippen molar-refractivity contribution >= 4 is 50.0 Å². The van der Waals surface area contributed by atoms with Crippen molar-refractivity contribution < 1.29 is 79.4 Å². The molecular formula is C37H74N8O18S5. The summed E-state index contributed by atoms with van der Waals surface area (Å²) in [5, 5.41) is 0. The minimum atomic E-state index is -3.43. The largest absolute Gasteiger partial charge is 0.366 e. The molecule has 9 rings (SSSR count). The van der Waals surface area contributed by atoms with E-state index in [9.17, 15) is 42.1 Å². The van der Waals surface area contributed by atoms with Crippen LogP contribution in [0.5, 0.6) is 0 Å². The highest BCUT2D eigenvalue weighted by Crippen LogP contribution is 2.16. The minimum absolute atomic E-state index is 0.0208. The van der Waals surface area contributed by atoms with E-state index in [1.54, 1.807) is 0 Å². The zero-order valence-electron chi connectivity index (χ0n) is 39.1. The number of piperidine rings is 1. The molecule has 68 heavy (non-hydrogen) atoms. The molecule has 0 saturated carbocycles.